The molecule has 1 fully saturated rings. The van der Waals surface area contributed by atoms with Crippen molar-refractivity contribution in [3.63, 3.8) is 0 Å². The van der Waals surface area contributed by atoms with Crippen molar-refractivity contribution < 1.29 is 38.3 Å². The van der Waals surface area contributed by atoms with E-state index >= 15 is 0 Å². The third-order valence-electron chi connectivity index (χ3n) is 7.09. The fourth-order valence-corrected chi connectivity index (χ4v) is 5.01. The van der Waals surface area contributed by atoms with E-state index in [1.54, 1.807) is 36.4 Å². The zero-order chi connectivity index (χ0) is 30.2. The van der Waals surface area contributed by atoms with Crippen molar-refractivity contribution >= 4 is 41.3 Å². The number of carbonyl (C=O) groups excluding carboxylic acids is 6. The maximum Gasteiger partial charge on any atom is 0.534 e. The Labute approximate surface area is 243 Å². The van der Waals surface area contributed by atoms with Gasteiger partial charge < -0.3 is 15.4 Å². The minimum Gasteiger partial charge on any atom is -0.420 e. The third-order valence-corrected chi connectivity index (χ3v) is 7.09. The van der Waals surface area contributed by atoms with Crippen LogP contribution in [0.15, 0.2) is 36.4 Å². The molecule has 0 bridgehead atoms. The number of carbonyl (C=O) groups is 6. The highest BCUT2D eigenvalue weighted by molar-refractivity contribution is 6.05. The van der Waals surface area contributed by atoms with Gasteiger partial charge in [0.05, 0.1) is 0 Å². The van der Waals surface area contributed by atoms with Gasteiger partial charge in [-0.25, -0.2) is 4.79 Å². The number of ether oxygens (including phenoxy) is 1. The Morgan fingerprint density at radius 1 is 0.881 bits per heavy atom. The monoisotopic (exact) mass is 577 g/mol. The highest BCUT2D eigenvalue weighted by Gasteiger charge is 2.38. The molecule has 222 valence electrons. The van der Waals surface area contributed by atoms with E-state index in [0.29, 0.717) is 58.0 Å². The fourth-order valence-electron chi connectivity index (χ4n) is 5.01. The van der Waals surface area contributed by atoms with Crippen molar-refractivity contribution in [3.05, 3.63) is 53.1 Å². The van der Waals surface area contributed by atoms with E-state index in [0.717, 1.165) is 19.3 Å². The summed E-state index contributed by atoms with van der Waals surface area (Å²) in [5.74, 6) is -1.71. The van der Waals surface area contributed by atoms with Gasteiger partial charge in [0.15, 0.2) is 11.9 Å². The number of unbranched alkanes of at least 4 members (excludes halogenated alkanes) is 1. The van der Waals surface area contributed by atoms with Gasteiger partial charge in [0.2, 0.25) is 11.8 Å². The molecule has 0 saturated carbocycles. The number of benzene rings is 2. The highest BCUT2D eigenvalue weighted by Crippen LogP contribution is 2.48. The average Bonchev–Trinajstić information content (AvgIpc) is 3.45. The SMILES string of the molecule is CCCCC(=O)c1cccc2c1-c1ccc(NC(=O)CCCC(=O)NCCC)cc1C2OC(=O)ON1C(=O)CCC1=O. The van der Waals surface area contributed by atoms with Gasteiger partial charge in [0.25, 0.3) is 11.8 Å². The standard InChI is InChI=1S/C31H35N3O8/c1-3-5-10-24(35)21-8-6-9-22-29(21)20-14-13-19(33-26(37)12-7-11-25(36)32-17-4-2)18-23(20)30(22)41-31(40)42-34-27(38)15-16-28(34)39/h6,8-9,13-14,18,30H,3-5,7,10-12,15-17H2,1-2H3,(H,32,36)(H,33,37). The summed E-state index contributed by atoms with van der Waals surface area (Å²) in [5, 5.41) is 6.00. The molecule has 0 spiro atoms. The number of hydroxylamine groups is 2. The number of imide groups is 1. The molecule has 2 N–H and O–H groups in total. The number of hydrogen-bond acceptors (Lipinski definition) is 8. The van der Waals surface area contributed by atoms with Crippen LogP contribution in [-0.4, -0.2) is 47.2 Å². The highest BCUT2D eigenvalue weighted by atomic mass is 16.8. The van der Waals surface area contributed by atoms with E-state index in [1.165, 1.54) is 0 Å². The summed E-state index contributed by atoms with van der Waals surface area (Å²) < 4.78 is 5.65. The van der Waals surface area contributed by atoms with Gasteiger partial charge >= 0.3 is 6.16 Å². The second kappa shape index (κ2) is 13.9. The molecule has 11 heteroatoms. The second-order valence-electron chi connectivity index (χ2n) is 10.3. The summed E-state index contributed by atoms with van der Waals surface area (Å²) in [5.41, 5.74) is 3.26. The summed E-state index contributed by atoms with van der Waals surface area (Å²) in [7, 11) is 0. The molecule has 2 aromatic carbocycles. The number of ketones is 1. The summed E-state index contributed by atoms with van der Waals surface area (Å²) >= 11 is 0. The number of rotatable bonds is 13. The van der Waals surface area contributed by atoms with Crippen LogP contribution >= 0.6 is 0 Å². The Hall–Kier alpha value is -4.54. The summed E-state index contributed by atoms with van der Waals surface area (Å²) in [6.45, 7) is 4.55. The molecule has 1 heterocycles. The molecule has 2 aliphatic rings. The van der Waals surface area contributed by atoms with Crippen molar-refractivity contribution in [3.8, 4) is 11.1 Å². The van der Waals surface area contributed by atoms with Gasteiger partial charge in [-0.2, -0.15) is 0 Å². The average molecular weight is 578 g/mol. The first-order valence-electron chi connectivity index (χ1n) is 14.3. The van der Waals surface area contributed by atoms with Crippen LogP contribution in [0.1, 0.15) is 99.2 Å². The lowest BCUT2D eigenvalue weighted by atomic mass is 9.94. The predicted molar refractivity (Wildman–Crippen MR) is 152 cm³/mol. The minimum absolute atomic E-state index is 0.0449. The smallest absolute Gasteiger partial charge is 0.420 e. The molecule has 1 aliphatic heterocycles. The first-order valence-corrected chi connectivity index (χ1v) is 14.3. The van der Waals surface area contributed by atoms with Crippen molar-refractivity contribution in [1.82, 2.24) is 10.4 Å². The molecule has 4 rings (SSSR count). The largest absolute Gasteiger partial charge is 0.534 e. The number of nitrogens with zero attached hydrogens (tertiary/aromatic N) is 1. The van der Waals surface area contributed by atoms with Crippen LogP contribution < -0.4 is 10.6 Å². The Bertz CT molecular complexity index is 1390. The van der Waals surface area contributed by atoms with Crippen LogP contribution in [0.25, 0.3) is 11.1 Å². The number of Topliss-reactive ketones (excluding diaryl/α,β-unsaturated/α-hetero) is 1. The maximum absolute atomic E-state index is 13.1. The van der Waals surface area contributed by atoms with Gasteiger partial charge in [0, 0.05) is 66.6 Å². The van der Waals surface area contributed by atoms with Crippen LogP contribution in [0.3, 0.4) is 0 Å². The van der Waals surface area contributed by atoms with E-state index in [1.807, 2.05) is 13.8 Å². The molecule has 2 aromatic rings. The van der Waals surface area contributed by atoms with Crippen LogP contribution in [0.4, 0.5) is 10.5 Å². The maximum atomic E-state index is 13.1. The first kappa shape index (κ1) is 30.4. The Morgan fingerprint density at radius 3 is 2.33 bits per heavy atom. The minimum atomic E-state index is -1.25. The van der Waals surface area contributed by atoms with Crippen molar-refractivity contribution in [1.29, 1.82) is 0 Å². The van der Waals surface area contributed by atoms with E-state index in [4.69, 9.17) is 9.57 Å². The molecular formula is C31H35N3O8. The van der Waals surface area contributed by atoms with Crippen LogP contribution in [0.5, 0.6) is 0 Å². The van der Waals surface area contributed by atoms with Gasteiger partial charge in [-0.15, -0.1) is 0 Å². The Kier molecular flexibility index (Phi) is 10.1. The molecule has 4 amide bonds. The molecule has 1 atom stereocenters. The van der Waals surface area contributed by atoms with E-state index in [-0.39, 0.29) is 43.3 Å². The van der Waals surface area contributed by atoms with Crippen LogP contribution in [-0.2, 0) is 28.8 Å². The van der Waals surface area contributed by atoms with Crippen molar-refractivity contribution in [2.75, 3.05) is 11.9 Å². The lowest BCUT2D eigenvalue weighted by molar-refractivity contribution is -0.178. The fraction of sp³-hybridized carbons (Fsp3) is 0.419. The van der Waals surface area contributed by atoms with Gasteiger partial charge in [-0.1, -0.05) is 49.6 Å². The second-order valence-corrected chi connectivity index (χ2v) is 10.3. The zero-order valence-corrected chi connectivity index (χ0v) is 23.8. The first-order chi connectivity index (χ1) is 20.2. The van der Waals surface area contributed by atoms with Gasteiger partial charge in [-0.3, -0.25) is 28.8 Å². The predicted octanol–water partition coefficient (Wildman–Crippen LogP) is 4.98. The van der Waals surface area contributed by atoms with Gasteiger partial charge in [-0.05, 0) is 37.0 Å². The van der Waals surface area contributed by atoms with Gasteiger partial charge in [0.1, 0.15) is 0 Å². The molecule has 1 aliphatic carbocycles. The van der Waals surface area contributed by atoms with Crippen molar-refractivity contribution in [2.24, 2.45) is 0 Å². The zero-order valence-electron chi connectivity index (χ0n) is 23.8. The topological polar surface area (TPSA) is 148 Å². The van der Waals surface area contributed by atoms with Crippen LogP contribution in [0.2, 0.25) is 0 Å². The van der Waals surface area contributed by atoms with E-state index in [2.05, 4.69) is 10.6 Å². The molecular weight excluding hydrogens is 542 g/mol. The number of fused-ring (bicyclic) bond motifs is 3. The quantitative estimate of drug-likeness (QED) is 0.192. The number of nitrogens with one attached hydrogen (secondary N) is 2. The van der Waals surface area contributed by atoms with Crippen molar-refractivity contribution in [2.45, 2.75) is 77.7 Å². The molecule has 0 radical (unpaired) electrons. The number of amides is 4. The van der Waals surface area contributed by atoms with Crippen LogP contribution in [0, 0.1) is 0 Å². The lowest BCUT2D eigenvalue weighted by Gasteiger charge is -2.18. The molecule has 1 saturated heterocycles. The Morgan fingerprint density at radius 2 is 1.62 bits per heavy atom. The number of anilines is 1. The molecule has 0 aromatic heterocycles. The van der Waals surface area contributed by atoms with E-state index < -0.39 is 24.1 Å². The summed E-state index contributed by atoms with van der Waals surface area (Å²) in [4.78, 5) is 79.2. The molecule has 1 unspecified atom stereocenters. The summed E-state index contributed by atoms with van der Waals surface area (Å²) in [6, 6.07) is 10.3. The lowest BCUT2D eigenvalue weighted by Crippen LogP contribution is -2.32. The third kappa shape index (κ3) is 7.02. The van der Waals surface area contributed by atoms with E-state index in [9.17, 15) is 28.8 Å². The molecule has 42 heavy (non-hydrogen) atoms. The molecule has 11 nitrogen and oxygen atoms in total. The normalized spacial score (nSPS) is 15.2. The Balaban J connectivity index is 1.57. The summed E-state index contributed by atoms with van der Waals surface area (Å²) in [6.07, 6.45) is 1.15. The number of hydrogen-bond donors (Lipinski definition) is 2.